The maximum atomic E-state index is 10.9. The van der Waals surface area contributed by atoms with Crippen molar-refractivity contribution in [2.24, 2.45) is 0 Å². The summed E-state index contributed by atoms with van der Waals surface area (Å²) < 4.78 is 0. The van der Waals surface area contributed by atoms with Crippen LogP contribution in [0.25, 0.3) is 0 Å². The highest BCUT2D eigenvalue weighted by Crippen LogP contribution is 2.12. The third-order valence-electron chi connectivity index (χ3n) is 2.72. The second kappa shape index (κ2) is 7.01. The molecule has 20 heavy (non-hydrogen) atoms. The first-order valence-corrected chi connectivity index (χ1v) is 6.31. The first-order chi connectivity index (χ1) is 9.75. The van der Waals surface area contributed by atoms with E-state index in [9.17, 15) is 4.79 Å². The first-order valence-electron chi connectivity index (χ1n) is 6.31. The smallest absolute Gasteiger partial charge is 0.323 e. The molecule has 0 atom stereocenters. The van der Waals surface area contributed by atoms with Crippen LogP contribution in [0.4, 0.5) is 5.69 Å². The number of carboxylic acid groups (broad SMARTS) is 1. The minimum Gasteiger partial charge on any atom is -0.480 e. The highest BCUT2D eigenvalue weighted by Gasteiger charge is 2.08. The molecule has 0 amide bonds. The lowest BCUT2D eigenvalue weighted by molar-refractivity contribution is -0.135. The summed E-state index contributed by atoms with van der Waals surface area (Å²) in [5.41, 5.74) is 1.79. The molecule has 2 rings (SSSR count). The number of nitrogens with zero attached hydrogens (tertiary/aromatic N) is 1. The van der Waals surface area contributed by atoms with Crippen LogP contribution < -0.4 is 4.90 Å². The number of carboxylic acids is 1. The van der Waals surface area contributed by atoms with E-state index in [0.29, 0.717) is 6.54 Å². The minimum atomic E-state index is -0.865. The number of rotatable bonds is 4. The third-order valence-corrected chi connectivity index (χ3v) is 2.72. The molecule has 2 aromatic rings. The average molecular weight is 265 g/mol. The minimum absolute atomic E-state index is 0.0620. The summed E-state index contributed by atoms with van der Waals surface area (Å²) in [4.78, 5) is 12.7. The Morgan fingerprint density at radius 1 is 1.00 bits per heavy atom. The molecular formula is C17H15NO2. The van der Waals surface area contributed by atoms with Gasteiger partial charge in [-0.1, -0.05) is 48.2 Å². The Labute approximate surface area is 118 Å². The summed E-state index contributed by atoms with van der Waals surface area (Å²) in [5.74, 6) is 5.19. The lowest BCUT2D eigenvalue weighted by Crippen LogP contribution is -2.29. The molecule has 0 aliphatic carbocycles. The monoisotopic (exact) mass is 265 g/mol. The molecule has 0 spiro atoms. The van der Waals surface area contributed by atoms with Crippen molar-refractivity contribution in [2.45, 2.75) is 0 Å². The second-order valence-corrected chi connectivity index (χ2v) is 4.25. The number of benzene rings is 2. The van der Waals surface area contributed by atoms with E-state index in [2.05, 4.69) is 11.8 Å². The Balaban J connectivity index is 2.09. The van der Waals surface area contributed by atoms with Gasteiger partial charge in [0.05, 0.1) is 6.54 Å². The van der Waals surface area contributed by atoms with Gasteiger partial charge >= 0.3 is 5.97 Å². The standard InChI is InChI=1S/C17H15NO2/c19-17(20)14-18(16-11-5-2-6-12-16)13-7-10-15-8-3-1-4-9-15/h1-6,8-9,11-12H,13-14H2,(H,19,20). The van der Waals surface area contributed by atoms with E-state index in [0.717, 1.165) is 11.3 Å². The number of hydrogen-bond acceptors (Lipinski definition) is 2. The molecule has 0 fully saturated rings. The van der Waals surface area contributed by atoms with Crippen molar-refractivity contribution in [1.29, 1.82) is 0 Å². The SMILES string of the molecule is O=C(O)CN(CC#Cc1ccccc1)c1ccccc1. The van der Waals surface area contributed by atoms with Crippen LogP contribution in [0.15, 0.2) is 60.7 Å². The number of aliphatic carboxylic acids is 1. The van der Waals surface area contributed by atoms with Crippen LogP contribution in [0.3, 0.4) is 0 Å². The van der Waals surface area contributed by atoms with Gasteiger partial charge in [-0.15, -0.1) is 0 Å². The largest absolute Gasteiger partial charge is 0.480 e. The number of hydrogen-bond donors (Lipinski definition) is 1. The zero-order valence-electron chi connectivity index (χ0n) is 11.0. The Hall–Kier alpha value is -2.73. The van der Waals surface area contributed by atoms with Crippen molar-refractivity contribution in [1.82, 2.24) is 0 Å². The summed E-state index contributed by atoms with van der Waals surface area (Å²) in [6.07, 6.45) is 0. The van der Waals surface area contributed by atoms with E-state index in [1.54, 1.807) is 4.90 Å². The molecule has 0 unspecified atom stereocenters. The number of carbonyl (C=O) groups is 1. The maximum Gasteiger partial charge on any atom is 0.323 e. The van der Waals surface area contributed by atoms with Crippen molar-refractivity contribution in [3.8, 4) is 11.8 Å². The number of para-hydroxylation sites is 1. The van der Waals surface area contributed by atoms with Gasteiger partial charge in [0.1, 0.15) is 6.54 Å². The molecule has 0 saturated heterocycles. The predicted octanol–water partition coefficient (Wildman–Crippen LogP) is 2.63. The highest BCUT2D eigenvalue weighted by molar-refractivity contribution is 5.74. The van der Waals surface area contributed by atoms with Gasteiger partial charge in [0.2, 0.25) is 0 Å². The molecule has 0 saturated carbocycles. The van der Waals surface area contributed by atoms with E-state index < -0.39 is 5.97 Å². The van der Waals surface area contributed by atoms with Gasteiger partial charge in [0, 0.05) is 11.3 Å². The summed E-state index contributed by atoms with van der Waals surface area (Å²) >= 11 is 0. The van der Waals surface area contributed by atoms with Crippen molar-refractivity contribution in [3.63, 3.8) is 0 Å². The van der Waals surface area contributed by atoms with Gasteiger partial charge in [0.25, 0.3) is 0 Å². The molecule has 3 heteroatoms. The Morgan fingerprint density at radius 2 is 1.60 bits per heavy atom. The van der Waals surface area contributed by atoms with Crippen molar-refractivity contribution in [3.05, 3.63) is 66.2 Å². The molecule has 0 aromatic heterocycles. The zero-order chi connectivity index (χ0) is 14.2. The van der Waals surface area contributed by atoms with E-state index in [1.165, 1.54) is 0 Å². The van der Waals surface area contributed by atoms with Crippen molar-refractivity contribution in [2.75, 3.05) is 18.0 Å². The normalized spacial score (nSPS) is 9.40. The fraction of sp³-hybridized carbons (Fsp3) is 0.118. The number of anilines is 1. The molecule has 3 nitrogen and oxygen atoms in total. The van der Waals surface area contributed by atoms with E-state index in [4.69, 9.17) is 5.11 Å². The molecular weight excluding hydrogens is 250 g/mol. The van der Waals surface area contributed by atoms with Crippen LogP contribution in [0, 0.1) is 11.8 Å². The fourth-order valence-corrected chi connectivity index (χ4v) is 1.80. The summed E-state index contributed by atoms with van der Waals surface area (Å²) in [7, 11) is 0. The molecule has 0 aliphatic rings. The van der Waals surface area contributed by atoms with Crippen LogP contribution in [0.5, 0.6) is 0 Å². The molecule has 2 aromatic carbocycles. The Kier molecular flexibility index (Phi) is 4.80. The predicted molar refractivity (Wildman–Crippen MR) is 79.6 cm³/mol. The van der Waals surface area contributed by atoms with Gasteiger partial charge in [-0.25, -0.2) is 0 Å². The van der Waals surface area contributed by atoms with E-state index in [-0.39, 0.29) is 6.54 Å². The van der Waals surface area contributed by atoms with Crippen LogP contribution >= 0.6 is 0 Å². The van der Waals surface area contributed by atoms with E-state index in [1.807, 2.05) is 60.7 Å². The molecule has 0 radical (unpaired) electrons. The van der Waals surface area contributed by atoms with Crippen LogP contribution in [0.1, 0.15) is 5.56 Å². The molecule has 0 heterocycles. The zero-order valence-corrected chi connectivity index (χ0v) is 11.0. The molecule has 100 valence electrons. The Bertz CT molecular complexity index is 612. The second-order valence-electron chi connectivity index (χ2n) is 4.25. The van der Waals surface area contributed by atoms with Gasteiger partial charge in [-0.2, -0.15) is 0 Å². The highest BCUT2D eigenvalue weighted by atomic mass is 16.4. The topological polar surface area (TPSA) is 40.5 Å². The summed E-state index contributed by atoms with van der Waals surface area (Å²) in [6, 6.07) is 19.1. The quantitative estimate of drug-likeness (QED) is 0.864. The maximum absolute atomic E-state index is 10.9. The van der Waals surface area contributed by atoms with Gasteiger partial charge in [0.15, 0.2) is 0 Å². The summed E-state index contributed by atoms with van der Waals surface area (Å²) in [5, 5.41) is 8.97. The average Bonchev–Trinajstić information content (AvgIpc) is 2.48. The van der Waals surface area contributed by atoms with Gasteiger partial charge < -0.3 is 10.0 Å². The lowest BCUT2D eigenvalue weighted by Gasteiger charge is -2.19. The van der Waals surface area contributed by atoms with Crippen LogP contribution in [-0.4, -0.2) is 24.2 Å². The van der Waals surface area contributed by atoms with Crippen LogP contribution in [-0.2, 0) is 4.79 Å². The van der Waals surface area contributed by atoms with Crippen molar-refractivity contribution < 1.29 is 9.90 Å². The van der Waals surface area contributed by atoms with Gasteiger partial charge in [-0.05, 0) is 24.3 Å². The third kappa shape index (κ3) is 4.18. The first kappa shape index (κ1) is 13.7. The molecule has 1 N–H and O–H groups in total. The molecule has 0 aliphatic heterocycles. The molecule has 0 bridgehead atoms. The Morgan fingerprint density at radius 3 is 2.20 bits per heavy atom. The fourth-order valence-electron chi connectivity index (χ4n) is 1.80. The van der Waals surface area contributed by atoms with Gasteiger partial charge in [-0.3, -0.25) is 4.79 Å². The van der Waals surface area contributed by atoms with Crippen LogP contribution in [0.2, 0.25) is 0 Å². The van der Waals surface area contributed by atoms with Crippen molar-refractivity contribution >= 4 is 11.7 Å². The summed E-state index contributed by atoms with van der Waals surface area (Å²) in [6.45, 7) is 0.318. The van der Waals surface area contributed by atoms with E-state index >= 15 is 0 Å². The lowest BCUT2D eigenvalue weighted by atomic mass is 10.2.